The van der Waals surface area contributed by atoms with Crippen LogP contribution in [-0.2, 0) is 4.79 Å². The third kappa shape index (κ3) is 4.11. The summed E-state index contributed by atoms with van der Waals surface area (Å²) in [4.78, 5) is 24.4. The van der Waals surface area contributed by atoms with Gasteiger partial charge in [-0.05, 0) is 43.9 Å². The first-order valence-corrected chi connectivity index (χ1v) is 7.32. The second-order valence-corrected chi connectivity index (χ2v) is 6.09. The Bertz CT molecular complexity index is 332. The third-order valence-electron chi connectivity index (χ3n) is 4.37. The van der Waals surface area contributed by atoms with Gasteiger partial charge < -0.3 is 15.3 Å². The van der Waals surface area contributed by atoms with Crippen LogP contribution in [0.2, 0.25) is 0 Å². The minimum atomic E-state index is -0.723. The van der Waals surface area contributed by atoms with E-state index in [1.165, 1.54) is 0 Å². The predicted octanol–water partition coefficient (Wildman–Crippen LogP) is 2.07. The lowest BCUT2D eigenvalue weighted by Crippen LogP contribution is -2.51. The van der Waals surface area contributed by atoms with E-state index in [9.17, 15) is 9.59 Å². The Balaban J connectivity index is 1.65. The molecule has 0 unspecified atom stereocenters. The number of likely N-dealkylation sites (tertiary alicyclic amines) is 1. The molecule has 2 amide bonds. The summed E-state index contributed by atoms with van der Waals surface area (Å²) in [5, 5.41) is 11.7. The predicted molar refractivity (Wildman–Crippen MR) is 71.9 cm³/mol. The van der Waals surface area contributed by atoms with Crippen LogP contribution in [0.3, 0.4) is 0 Å². The van der Waals surface area contributed by atoms with Crippen molar-refractivity contribution in [3.8, 4) is 0 Å². The van der Waals surface area contributed by atoms with Crippen molar-refractivity contribution in [1.82, 2.24) is 10.2 Å². The highest BCUT2D eigenvalue weighted by Crippen LogP contribution is 2.27. The first-order valence-electron chi connectivity index (χ1n) is 7.32. The second-order valence-electron chi connectivity index (χ2n) is 6.09. The van der Waals surface area contributed by atoms with Crippen molar-refractivity contribution in [3.05, 3.63) is 0 Å². The molecule has 0 atom stereocenters. The SMILES string of the molecule is CC1CC(NC(=O)N2CCC(CCC(=O)O)CC2)C1. The largest absolute Gasteiger partial charge is 0.481 e. The normalized spacial score (nSPS) is 27.7. The molecule has 2 N–H and O–H groups in total. The topological polar surface area (TPSA) is 69.6 Å². The van der Waals surface area contributed by atoms with Crippen LogP contribution in [0.4, 0.5) is 4.79 Å². The molecule has 0 spiro atoms. The molecule has 108 valence electrons. The smallest absolute Gasteiger partial charge is 0.317 e. The van der Waals surface area contributed by atoms with Crippen molar-refractivity contribution in [2.75, 3.05) is 13.1 Å². The Labute approximate surface area is 114 Å². The van der Waals surface area contributed by atoms with Crippen LogP contribution in [0.25, 0.3) is 0 Å². The Morgan fingerprint density at radius 2 is 1.89 bits per heavy atom. The van der Waals surface area contributed by atoms with Gasteiger partial charge in [0.2, 0.25) is 0 Å². The molecule has 1 saturated carbocycles. The lowest BCUT2D eigenvalue weighted by molar-refractivity contribution is -0.137. The zero-order chi connectivity index (χ0) is 13.8. The number of carbonyl (C=O) groups excluding carboxylic acids is 1. The lowest BCUT2D eigenvalue weighted by atomic mass is 9.82. The quantitative estimate of drug-likeness (QED) is 0.820. The molecule has 0 bridgehead atoms. The molecule has 1 aliphatic heterocycles. The van der Waals surface area contributed by atoms with Crippen LogP contribution in [0, 0.1) is 11.8 Å². The van der Waals surface area contributed by atoms with E-state index in [0.717, 1.165) is 51.1 Å². The van der Waals surface area contributed by atoms with E-state index in [2.05, 4.69) is 12.2 Å². The van der Waals surface area contributed by atoms with Gasteiger partial charge in [-0.2, -0.15) is 0 Å². The van der Waals surface area contributed by atoms with Gasteiger partial charge in [0.25, 0.3) is 0 Å². The van der Waals surface area contributed by atoms with Gasteiger partial charge in [-0.3, -0.25) is 4.79 Å². The molecule has 1 aliphatic carbocycles. The van der Waals surface area contributed by atoms with E-state index in [4.69, 9.17) is 5.11 Å². The lowest BCUT2D eigenvalue weighted by Gasteiger charge is -2.37. The summed E-state index contributed by atoms with van der Waals surface area (Å²) in [6.45, 7) is 3.73. The fourth-order valence-corrected chi connectivity index (χ4v) is 3.04. The molecule has 2 rings (SSSR count). The van der Waals surface area contributed by atoms with Crippen molar-refractivity contribution in [2.45, 2.75) is 51.5 Å². The van der Waals surface area contributed by atoms with E-state index in [1.807, 2.05) is 4.90 Å². The van der Waals surface area contributed by atoms with E-state index >= 15 is 0 Å². The molecular weight excluding hydrogens is 244 g/mol. The van der Waals surface area contributed by atoms with Crippen LogP contribution in [-0.4, -0.2) is 41.1 Å². The molecule has 5 heteroatoms. The van der Waals surface area contributed by atoms with E-state index < -0.39 is 5.97 Å². The Hall–Kier alpha value is -1.26. The first kappa shape index (κ1) is 14.2. The van der Waals surface area contributed by atoms with Gasteiger partial charge in [0.1, 0.15) is 0 Å². The van der Waals surface area contributed by atoms with Gasteiger partial charge in [0, 0.05) is 25.6 Å². The summed E-state index contributed by atoms with van der Waals surface area (Å²) in [6.07, 6.45) is 5.05. The molecule has 1 heterocycles. The monoisotopic (exact) mass is 268 g/mol. The number of nitrogens with zero attached hydrogens (tertiary/aromatic N) is 1. The molecular formula is C14H24N2O3. The number of hydrogen-bond donors (Lipinski definition) is 2. The van der Waals surface area contributed by atoms with Crippen LogP contribution in [0.5, 0.6) is 0 Å². The number of amides is 2. The molecule has 0 aromatic carbocycles. The Morgan fingerprint density at radius 1 is 1.26 bits per heavy atom. The van der Waals surface area contributed by atoms with Crippen molar-refractivity contribution < 1.29 is 14.7 Å². The second kappa shape index (κ2) is 6.26. The standard InChI is InChI=1S/C14H24N2O3/c1-10-8-12(9-10)15-14(19)16-6-4-11(5-7-16)2-3-13(17)18/h10-12H,2-9H2,1H3,(H,15,19)(H,17,18). The highest BCUT2D eigenvalue weighted by Gasteiger charge is 2.29. The average Bonchev–Trinajstić information content (AvgIpc) is 2.35. The van der Waals surface area contributed by atoms with Crippen molar-refractivity contribution in [1.29, 1.82) is 0 Å². The molecule has 0 radical (unpaired) electrons. The summed E-state index contributed by atoms with van der Waals surface area (Å²) in [5.74, 6) is 0.482. The molecule has 5 nitrogen and oxygen atoms in total. The average molecular weight is 268 g/mol. The maximum atomic E-state index is 12.0. The number of nitrogens with one attached hydrogen (secondary N) is 1. The summed E-state index contributed by atoms with van der Waals surface area (Å²) >= 11 is 0. The molecule has 1 saturated heterocycles. The van der Waals surface area contributed by atoms with Gasteiger partial charge in [0.05, 0.1) is 0 Å². The van der Waals surface area contributed by atoms with Crippen molar-refractivity contribution in [2.24, 2.45) is 11.8 Å². The van der Waals surface area contributed by atoms with Crippen LogP contribution >= 0.6 is 0 Å². The fraction of sp³-hybridized carbons (Fsp3) is 0.857. The summed E-state index contributed by atoms with van der Waals surface area (Å²) in [6, 6.07) is 0.431. The number of urea groups is 1. The number of carboxylic acids is 1. The van der Waals surface area contributed by atoms with Crippen molar-refractivity contribution >= 4 is 12.0 Å². The van der Waals surface area contributed by atoms with Gasteiger partial charge in [-0.15, -0.1) is 0 Å². The zero-order valence-corrected chi connectivity index (χ0v) is 11.6. The van der Waals surface area contributed by atoms with Crippen LogP contribution in [0.15, 0.2) is 0 Å². The molecule has 0 aromatic rings. The van der Waals surface area contributed by atoms with Crippen LogP contribution in [0.1, 0.15) is 45.4 Å². The Kier molecular flexibility index (Phi) is 4.66. The van der Waals surface area contributed by atoms with E-state index in [1.54, 1.807) is 0 Å². The number of aliphatic carboxylic acids is 1. The highest BCUT2D eigenvalue weighted by molar-refractivity contribution is 5.74. The molecule has 2 fully saturated rings. The summed E-state index contributed by atoms with van der Waals surface area (Å²) in [7, 11) is 0. The zero-order valence-electron chi connectivity index (χ0n) is 11.6. The van der Waals surface area contributed by atoms with E-state index in [0.29, 0.717) is 12.0 Å². The number of carboxylic acid groups (broad SMARTS) is 1. The molecule has 2 aliphatic rings. The summed E-state index contributed by atoms with van der Waals surface area (Å²) < 4.78 is 0. The number of rotatable bonds is 4. The van der Waals surface area contributed by atoms with Crippen molar-refractivity contribution in [3.63, 3.8) is 0 Å². The van der Waals surface area contributed by atoms with Gasteiger partial charge in [-0.25, -0.2) is 4.79 Å². The fourth-order valence-electron chi connectivity index (χ4n) is 3.04. The minimum Gasteiger partial charge on any atom is -0.481 e. The minimum absolute atomic E-state index is 0.0635. The highest BCUT2D eigenvalue weighted by atomic mass is 16.4. The van der Waals surface area contributed by atoms with Gasteiger partial charge >= 0.3 is 12.0 Å². The van der Waals surface area contributed by atoms with Gasteiger partial charge in [0.15, 0.2) is 0 Å². The third-order valence-corrected chi connectivity index (χ3v) is 4.37. The number of carbonyl (C=O) groups is 2. The maximum Gasteiger partial charge on any atom is 0.317 e. The Morgan fingerprint density at radius 3 is 2.42 bits per heavy atom. The molecule has 0 aromatic heterocycles. The summed E-state index contributed by atoms with van der Waals surface area (Å²) in [5.41, 5.74) is 0. The maximum absolute atomic E-state index is 12.0. The van der Waals surface area contributed by atoms with E-state index in [-0.39, 0.29) is 12.5 Å². The molecule has 19 heavy (non-hydrogen) atoms. The number of hydrogen-bond acceptors (Lipinski definition) is 2. The van der Waals surface area contributed by atoms with Crippen LogP contribution < -0.4 is 5.32 Å². The first-order chi connectivity index (χ1) is 9.04. The number of piperidine rings is 1. The van der Waals surface area contributed by atoms with Gasteiger partial charge in [-0.1, -0.05) is 6.92 Å².